The van der Waals surface area contributed by atoms with E-state index < -0.39 is 29.1 Å². The van der Waals surface area contributed by atoms with Crippen molar-refractivity contribution in [3.05, 3.63) is 54.0 Å². The minimum atomic E-state index is -1.19. The zero-order valence-corrected chi connectivity index (χ0v) is 19.0. The second kappa shape index (κ2) is 8.23. The second-order valence-corrected chi connectivity index (χ2v) is 8.86. The Bertz CT molecular complexity index is 1230. The molecule has 2 atom stereocenters. The van der Waals surface area contributed by atoms with Gasteiger partial charge in [-0.3, -0.25) is 19.3 Å². The number of carbonyl (C=O) groups is 3. The molecule has 0 saturated carbocycles. The molecule has 4 rings (SSSR count). The summed E-state index contributed by atoms with van der Waals surface area (Å²) < 4.78 is 10.4. The van der Waals surface area contributed by atoms with E-state index in [4.69, 9.17) is 9.26 Å². The maximum atomic E-state index is 13.3. The van der Waals surface area contributed by atoms with E-state index in [-0.39, 0.29) is 11.7 Å². The number of hydrogen-bond donors (Lipinski definition) is 0. The molecule has 1 aromatic carbocycles. The highest BCUT2D eigenvalue weighted by Gasteiger charge is 2.54. The summed E-state index contributed by atoms with van der Waals surface area (Å²) >= 11 is 0. The Morgan fingerprint density at radius 3 is 2.39 bits per heavy atom. The van der Waals surface area contributed by atoms with Crippen LogP contribution in [0.15, 0.2) is 47.1 Å². The maximum Gasteiger partial charge on any atom is 0.295 e. The predicted molar refractivity (Wildman–Crippen MR) is 118 cm³/mol. The van der Waals surface area contributed by atoms with Crippen LogP contribution in [0.2, 0.25) is 0 Å². The molecule has 0 radical (unpaired) electrons. The van der Waals surface area contributed by atoms with Gasteiger partial charge < -0.3 is 9.26 Å². The zero-order chi connectivity index (χ0) is 23.9. The van der Waals surface area contributed by atoms with Gasteiger partial charge >= 0.3 is 0 Å². The summed E-state index contributed by atoms with van der Waals surface area (Å²) in [5.74, 6) is -1.91. The molecule has 1 aliphatic rings. The number of hydrogen-bond acceptors (Lipinski definition) is 8. The number of nitrogens with zero attached hydrogens (tertiary/aromatic N) is 4. The third-order valence-electron chi connectivity index (χ3n) is 5.57. The molecule has 1 aliphatic heterocycles. The molecule has 1 amide bonds. The van der Waals surface area contributed by atoms with Gasteiger partial charge in [0.2, 0.25) is 23.4 Å². The summed E-state index contributed by atoms with van der Waals surface area (Å²) in [5, 5.41) is 3.90. The van der Waals surface area contributed by atoms with Crippen LogP contribution in [0.1, 0.15) is 38.3 Å². The highest BCUT2D eigenvalue weighted by atomic mass is 16.5. The molecule has 2 unspecified atom stereocenters. The lowest BCUT2D eigenvalue weighted by Crippen LogP contribution is -2.36. The molecule has 1 saturated heterocycles. The van der Waals surface area contributed by atoms with E-state index in [1.54, 1.807) is 70.3 Å². The first-order valence-electron chi connectivity index (χ1n) is 10.4. The standard InChI is InChI=1S/C24H24N4O5/c1-13-26-21(27-33-13)14-8-10-15(11-9-14)28-18(16-7-6-12-25-22(16)32-5)17(19(29)23(28)31)20(30)24(2,3)4/h6-12,17-18H,1-5H3. The monoisotopic (exact) mass is 448 g/mol. The lowest BCUT2D eigenvalue weighted by atomic mass is 9.77. The molecule has 9 nitrogen and oxygen atoms in total. The number of aryl methyl sites for hydroxylation is 1. The van der Waals surface area contributed by atoms with Gasteiger partial charge in [-0.1, -0.05) is 25.9 Å². The number of pyridine rings is 1. The average Bonchev–Trinajstić information content (AvgIpc) is 3.34. The molecule has 1 fully saturated rings. The van der Waals surface area contributed by atoms with E-state index in [0.29, 0.717) is 28.5 Å². The molecule has 2 aromatic heterocycles. The van der Waals surface area contributed by atoms with E-state index in [1.807, 2.05) is 0 Å². The molecule has 3 heterocycles. The molecule has 0 aliphatic carbocycles. The molecule has 3 aromatic rings. The van der Waals surface area contributed by atoms with E-state index in [1.165, 1.54) is 12.0 Å². The van der Waals surface area contributed by atoms with Crippen molar-refractivity contribution in [2.45, 2.75) is 33.7 Å². The normalized spacial score (nSPS) is 18.6. The first-order chi connectivity index (χ1) is 15.6. The molecule has 0 spiro atoms. The Morgan fingerprint density at radius 1 is 1.12 bits per heavy atom. The van der Waals surface area contributed by atoms with Crippen molar-refractivity contribution in [2.75, 3.05) is 12.0 Å². The lowest BCUT2D eigenvalue weighted by Gasteiger charge is -2.30. The van der Waals surface area contributed by atoms with Crippen LogP contribution in [-0.4, -0.2) is 39.7 Å². The number of carbonyl (C=O) groups excluding carboxylic acids is 3. The number of benzene rings is 1. The quantitative estimate of drug-likeness (QED) is 0.431. The van der Waals surface area contributed by atoms with Gasteiger partial charge in [0.05, 0.1) is 13.2 Å². The smallest absolute Gasteiger partial charge is 0.295 e. The molecule has 0 N–H and O–H groups in total. The van der Waals surface area contributed by atoms with Crippen molar-refractivity contribution in [1.82, 2.24) is 15.1 Å². The van der Waals surface area contributed by atoms with Gasteiger partial charge in [-0.25, -0.2) is 4.98 Å². The van der Waals surface area contributed by atoms with Gasteiger partial charge in [-0.05, 0) is 36.4 Å². The van der Waals surface area contributed by atoms with Crippen molar-refractivity contribution in [3.63, 3.8) is 0 Å². The third kappa shape index (κ3) is 3.90. The molecular formula is C24H24N4O5. The number of aromatic nitrogens is 3. The highest BCUT2D eigenvalue weighted by Crippen LogP contribution is 2.45. The summed E-state index contributed by atoms with van der Waals surface area (Å²) in [6.45, 7) is 6.89. The van der Waals surface area contributed by atoms with Crippen molar-refractivity contribution in [2.24, 2.45) is 11.3 Å². The average molecular weight is 448 g/mol. The van der Waals surface area contributed by atoms with E-state index >= 15 is 0 Å². The Labute approximate surface area is 190 Å². The minimum Gasteiger partial charge on any atom is -0.481 e. The van der Waals surface area contributed by atoms with E-state index in [0.717, 1.165) is 0 Å². The van der Waals surface area contributed by atoms with Crippen LogP contribution < -0.4 is 9.64 Å². The predicted octanol–water partition coefficient (Wildman–Crippen LogP) is 3.34. The SMILES string of the molecule is COc1ncccc1C1C(C(=O)C(C)(C)C)C(=O)C(=O)N1c1ccc(-c2noc(C)n2)cc1. The number of methoxy groups -OCH3 is 1. The summed E-state index contributed by atoms with van der Waals surface area (Å²) in [5.41, 5.74) is 0.800. The van der Waals surface area contributed by atoms with Crippen molar-refractivity contribution in [3.8, 4) is 17.3 Å². The number of Topliss-reactive ketones (excluding diaryl/α,β-unsaturated/α-hetero) is 2. The van der Waals surface area contributed by atoms with Crippen LogP contribution in [0, 0.1) is 18.3 Å². The highest BCUT2D eigenvalue weighted by molar-refractivity contribution is 6.48. The fourth-order valence-corrected chi connectivity index (χ4v) is 3.98. The van der Waals surface area contributed by atoms with Crippen molar-refractivity contribution >= 4 is 23.2 Å². The van der Waals surface area contributed by atoms with Crippen LogP contribution in [0.4, 0.5) is 5.69 Å². The van der Waals surface area contributed by atoms with Crippen LogP contribution in [0.25, 0.3) is 11.4 Å². The fourth-order valence-electron chi connectivity index (χ4n) is 3.98. The minimum absolute atomic E-state index is 0.251. The molecule has 0 bridgehead atoms. The van der Waals surface area contributed by atoms with Crippen molar-refractivity contribution < 1.29 is 23.6 Å². The Kier molecular flexibility index (Phi) is 5.57. The Hall–Kier alpha value is -3.88. The molecule has 170 valence electrons. The lowest BCUT2D eigenvalue weighted by molar-refractivity contribution is -0.141. The van der Waals surface area contributed by atoms with Gasteiger partial charge in [0.25, 0.3) is 5.91 Å². The van der Waals surface area contributed by atoms with Gasteiger partial charge in [0.15, 0.2) is 5.78 Å². The summed E-state index contributed by atoms with van der Waals surface area (Å²) in [6.07, 6.45) is 1.55. The van der Waals surface area contributed by atoms with Gasteiger partial charge in [0.1, 0.15) is 5.92 Å². The first kappa shape index (κ1) is 22.3. The second-order valence-electron chi connectivity index (χ2n) is 8.86. The van der Waals surface area contributed by atoms with E-state index in [2.05, 4.69) is 15.1 Å². The number of anilines is 1. The van der Waals surface area contributed by atoms with Crippen LogP contribution in [-0.2, 0) is 14.4 Å². The van der Waals surface area contributed by atoms with Crippen LogP contribution in [0.3, 0.4) is 0 Å². The zero-order valence-electron chi connectivity index (χ0n) is 19.0. The van der Waals surface area contributed by atoms with Gasteiger partial charge in [-0.15, -0.1) is 0 Å². The Balaban J connectivity index is 1.83. The number of ether oxygens (including phenoxy) is 1. The summed E-state index contributed by atoms with van der Waals surface area (Å²) in [6, 6.07) is 9.34. The van der Waals surface area contributed by atoms with Crippen molar-refractivity contribution in [1.29, 1.82) is 0 Å². The molecule has 33 heavy (non-hydrogen) atoms. The third-order valence-corrected chi connectivity index (χ3v) is 5.57. The number of amides is 1. The molecular weight excluding hydrogens is 424 g/mol. The largest absolute Gasteiger partial charge is 0.481 e. The first-order valence-corrected chi connectivity index (χ1v) is 10.4. The number of rotatable bonds is 5. The van der Waals surface area contributed by atoms with Crippen LogP contribution in [0.5, 0.6) is 5.88 Å². The maximum absolute atomic E-state index is 13.3. The van der Waals surface area contributed by atoms with Crippen LogP contribution >= 0.6 is 0 Å². The fraction of sp³-hybridized carbons (Fsp3) is 0.333. The Morgan fingerprint density at radius 2 is 1.82 bits per heavy atom. The number of ketones is 2. The summed E-state index contributed by atoms with van der Waals surface area (Å²) in [4.78, 5) is 49.5. The molecule has 9 heteroatoms. The topological polar surface area (TPSA) is 115 Å². The van der Waals surface area contributed by atoms with E-state index in [9.17, 15) is 14.4 Å². The summed E-state index contributed by atoms with van der Waals surface area (Å²) in [7, 11) is 1.46. The van der Waals surface area contributed by atoms with Gasteiger partial charge in [0, 0.05) is 35.3 Å². The van der Waals surface area contributed by atoms with Gasteiger partial charge in [-0.2, -0.15) is 4.98 Å².